The van der Waals surface area contributed by atoms with Crippen LogP contribution in [0, 0.1) is 5.82 Å². The largest absolute Gasteiger partial charge is 0.497 e. The summed E-state index contributed by atoms with van der Waals surface area (Å²) in [7, 11) is -2.23. The Hall–Kier alpha value is -2.98. The highest BCUT2D eigenvalue weighted by Crippen LogP contribution is 2.15. The summed E-state index contributed by atoms with van der Waals surface area (Å²) in [5, 5.41) is 0. The summed E-state index contributed by atoms with van der Waals surface area (Å²) in [4.78, 5) is 28.3. The molecule has 0 aromatic heterocycles. The number of piperazine rings is 1. The van der Waals surface area contributed by atoms with Crippen molar-refractivity contribution in [3.63, 3.8) is 0 Å². The van der Waals surface area contributed by atoms with Crippen LogP contribution < -0.4 is 9.46 Å². The van der Waals surface area contributed by atoms with Gasteiger partial charge in [0.1, 0.15) is 11.6 Å². The fourth-order valence-corrected chi connectivity index (χ4v) is 4.45. The molecule has 0 unspecified atom stereocenters. The molecule has 3 rings (SSSR count). The third kappa shape index (κ3) is 6.27. The van der Waals surface area contributed by atoms with Crippen LogP contribution in [-0.2, 0) is 26.0 Å². The second-order valence-electron chi connectivity index (χ2n) is 7.39. The zero-order valence-corrected chi connectivity index (χ0v) is 18.6. The van der Waals surface area contributed by atoms with Crippen LogP contribution in [0.2, 0.25) is 0 Å². The quantitative estimate of drug-likeness (QED) is 0.639. The Bertz CT molecular complexity index is 1050. The van der Waals surface area contributed by atoms with Crippen LogP contribution in [0.1, 0.15) is 12.0 Å². The van der Waals surface area contributed by atoms with Crippen LogP contribution in [0.5, 0.6) is 5.75 Å². The van der Waals surface area contributed by atoms with Gasteiger partial charge in [-0.15, -0.1) is 0 Å². The molecule has 0 spiro atoms. The van der Waals surface area contributed by atoms with Gasteiger partial charge in [-0.3, -0.25) is 9.59 Å². The zero-order chi connectivity index (χ0) is 23.1. The van der Waals surface area contributed by atoms with Crippen molar-refractivity contribution >= 4 is 21.8 Å². The molecule has 0 radical (unpaired) electrons. The molecular formula is C22H26FN3O5S. The van der Waals surface area contributed by atoms with E-state index in [0.29, 0.717) is 31.9 Å². The number of benzene rings is 2. The van der Waals surface area contributed by atoms with Crippen molar-refractivity contribution in [2.75, 3.05) is 39.8 Å². The predicted molar refractivity (Wildman–Crippen MR) is 116 cm³/mol. The lowest BCUT2D eigenvalue weighted by Crippen LogP contribution is -2.51. The lowest BCUT2D eigenvalue weighted by Gasteiger charge is -2.35. The van der Waals surface area contributed by atoms with Crippen LogP contribution in [0.15, 0.2) is 53.4 Å². The Kier molecular flexibility index (Phi) is 7.81. The summed E-state index contributed by atoms with van der Waals surface area (Å²) in [5.74, 6) is -0.0369. The number of ether oxygens (including phenoxy) is 1. The first-order valence-corrected chi connectivity index (χ1v) is 11.7. The summed E-state index contributed by atoms with van der Waals surface area (Å²) < 4.78 is 44.9. The van der Waals surface area contributed by atoms with Crippen molar-refractivity contribution in [1.82, 2.24) is 14.5 Å². The number of carbonyl (C=O) groups excluding carboxylic acids is 2. The van der Waals surface area contributed by atoms with Gasteiger partial charge < -0.3 is 14.5 Å². The van der Waals surface area contributed by atoms with Crippen LogP contribution in [0.4, 0.5) is 4.39 Å². The van der Waals surface area contributed by atoms with Gasteiger partial charge in [0.05, 0.1) is 18.4 Å². The molecule has 1 N–H and O–H groups in total. The highest BCUT2D eigenvalue weighted by Gasteiger charge is 2.24. The number of methoxy groups -OCH3 is 1. The molecule has 10 heteroatoms. The normalized spacial score (nSPS) is 14.3. The van der Waals surface area contributed by atoms with E-state index in [1.165, 1.54) is 12.1 Å². The first kappa shape index (κ1) is 23.7. The van der Waals surface area contributed by atoms with Crippen molar-refractivity contribution in [3.8, 4) is 5.75 Å². The summed E-state index contributed by atoms with van der Waals surface area (Å²) in [6.07, 6.45) is 0.258. The summed E-state index contributed by atoms with van der Waals surface area (Å²) in [6, 6.07) is 11.8. The molecule has 0 saturated carbocycles. The molecule has 1 heterocycles. The van der Waals surface area contributed by atoms with E-state index in [0.717, 1.165) is 17.7 Å². The molecule has 32 heavy (non-hydrogen) atoms. The van der Waals surface area contributed by atoms with E-state index >= 15 is 0 Å². The van der Waals surface area contributed by atoms with E-state index in [2.05, 4.69) is 4.72 Å². The average Bonchev–Trinajstić information content (AvgIpc) is 2.79. The minimum Gasteiger partial charge on any atom is -0.497 e. The van der Waals surface area contributed by atoms with Crippen LogP contribution in [-0.4, -0.2) is 69.9 Å². The lowest BCUT2D eigenvalue weighted by atomic mass is 10.1. The van der Waals surface area contributed by atoms with Crippen LogP contribution in [0.25, 0.3) is 0 Å². The Balaban J connectivity index is 1.43. The zero-order valence-electron chi connectivity index (χ0n) is 17.8. The molecule has 0 bridgehead atoms. The molecule has 1 saturated heterocycles. The highest BCUT2D eigenvalue weighted by molar-refractivity contribution is 7.89. The number of hydrogen-bond acceptors (Lipinski definition) is 5. The van der Waals surface area contributed by atoms with Gasteiger partial charge in [0.15, 0.2) is 0 Å². The molecule has 0 aliphatic carbocycles. The number of amides is 2. The molecule has 1 fully saturated rings. The fraction of sp³-hybridized carbons (Fsp3) is 0.364. The van der Waals surface area contributed by atoms with Gasteiger partial charge in [0.2, 0.25) is 21.8 Å². The Morgan fingerprint density at radius 1 is 1.00 bits per heavy atom. The molecule has 2 aromatic rings. The fourth-order valence-electron chi connectivity index (χ4n) is 3.42. The molecule has 1 aliphatic heterocycles. The minimum atomic E-state index is -3.81. The van der Waals surface area contributed by atoms with Crippen LogP contribution in [0.3, 0.4) is 0 Å². The summed E-state index contributed by atoms with van der Waals surface area (Å²) in [5.41, 5.74) is 0.862. The number of hydrogen-bond donors (Lipinski definition) is 1. The summed E-state index contributed by atoms with van der Waals surface area (Å²) in [6.45, 7) is 1.58. The smallest absolute Gasteiger partial charge is 0.240 e. The van der Waals surface area contributed by atoms with Gasteiger partial charge in [-0.2, -0.15) is 0 Å². The molecule has 8 nitrogen and oxygen atoms in total. The number of rotatable bonds is 8. The van der Waals surface area contributed by atoms with Gasteiger partial charge >= 0.3 is 0 Å². The topological polar surface area (TPSA) is 96.0 Å². The third-order valence-electron chi connectivity index (χ3n) is 5.23. The van der Waals surface area contributed by atoms with Gasteiger partial charge in [0.25, 0.3) is 0 Å². The number of sulfonamides is 1. The van der Waals surface area contributed by atoms with Crippen molar-refractivity contribution in [1.29, 1.82) is 0 Å². The molecule has 1 aliphatic rings. The highest BCUT2D eigenvalue weighted by atomic mass is 32.2. The lowest BCUT2D eigenvalue weighted by molar-refractivity contribution is -0.139. The monoisotopic (exact) mass is 463 g/mol. The van der Waals surface area contributed by atoms with Gasteiger partial charge in [-0.05, 0) is 42.0 Å². The summed E-state index contributed by atoms with van der Waals surface area (Å²) >= 11 is 0. The second kappa shape index (κ2) is 10.6. The predicted octanol–water partition coefficient (Wildman–Crippen LogP) is 1.42. The number of halogens is 1. The third-order valence-corrected chi connectivity index (χ3v) is 6.71. The van der Waals surface area contributed by atoms with Gasteiger partial charge in [-0.1, -0.05) is 12.1 Å². The first-order valence-electron chi connectivity index (χ1n) is 10.2. The SMILES string of the molecule is COc1cccc(CC(=O)N2CCN(C(=O)CCNS(=O)(=O)c3ccc(F)cc3)CC2)c1. The van der Waals surface area contributed by atoms with E-state index in [1.807, 2.05) is 24.3 Å². The Labute approximate surface area is 187 Å². The van der Waals surface area contributed by atoms with Crippen LogP contribution >= 0.6 is 0 Å². The average molecular weight is 464 g/mol. The maximum Gasteiger partial charge on any atom is 0.240 e. The van der Waals surface area contributed by atoms with Crippen molar-refractivity contribution < 1.29 is 27.1 Å². The number of carbonyl (C=O) groups is 2. The second-order valence-corrected chi connectivity index (χ2v) is 9.16. The van der Waals surface area contributed by atoms with E-state index in [-0.39, 0.29) is 36.1 Å². The Morgan fingerprint density at radius 3 is 2.25 bits per heavy atom. The molecule has 172 valence electrons. The standard InChI is InChI=1S/C22H26FN3O5S/c1-31-19-4-2-3-17(15-19)16-22(28)26-13-11-25(12-14-26)21(27)9-10-24-32(29,30)20-7-5-18(23)6-8-20/h2-8,15,24H,9-14,16H2,1H3. The van der Waals surface area contributed by atoms with Crippen molar-refractivity contribution in [2.24, 2.45) is 0 Å². The minimum absolute atomic E-state index is 0.00180. The van der Waals surface area contributed by atoms with Gasteiger partial charge in [-0.25, -0.2) is 17.5 Å². The maximum absolute atomic E-state index is 13.0. The van der Waals surface area contributed by atoms with E-state index in [9.17, 15) is 22.4 Å². The Morgan fingerprint density at radius 2 is 1.62 bits per heavy atom. The number of nitrogens with one attached hydrogen (secondary N) is 1. The molecule has 0 atom stereocenters. The van der Waals surface area contributed by atoms with E-state index < -0.39 is 15.8 Å². The molecule has 2 amide bonds. The van der Waals surface area contributed by atoms with E-state index in [4.69, 9.17) is 4.74 Å². The number of nitrogens with zero attached hydrogens (tertiary/aromatic N) is 2. The van der Waals surface area contributed by atoms with Crippen molar-refractivity contribution in [2.45, 2.75) is 17.7 Å². The molecular weight excluding hydrogens is 437 g/mol. The van der Waals surface area contributed by atoms with E-state index in [1.54, 1.807) is 16.9 Å². The van der Waals surface area contributed by atoms with Crippen molar-refractivity contribution in [3.05, 3.63) is 59.9 Å². The van der Waals surface area contributed by atoms with Gasteiger partial charge in [0, 0.05) is 39.1 Å². The maximum atomic E-state index is 13.0. The first-order chi connectivity index (χ1) is 15.3. The molecule has 2 aromatic carbocycles.